The summed E-state index contributed by atoms with van der Waals surface area (Å²) >= 11 is 0. The molecule has 0 unspecified atom stereocenters. The Kier molecular flexibility index (Phi) is 4.90. The molecule has 0 atom stereocenters. The fourth-order valence-corrected chi connectivity index (χ4v) is 2.83. The Morgan fingerprint density at radius 1 is 1.14 bits per heavy atom. The monoisotopic (exact) mass is 394 g/mol. The molecule has 0 aliphatic carbocycles. The molecule has 0 aliphatic rings. The first-order valence-electron chi connectivity index (χ1n) is 8.81. The smallest absolute Gasteiger partial charge is 0.274 e. The van der Waals surface area contributed by atoms with Gasteiger partial charge in [-0.15, -0.1) is 0 Å². The highest BCUT2D eigenvalue weighted by Crippen LogP contribution is 2.23. The maximum Gasteiger partial charge on any atom is 0.274 e. The summed E-state index contributed by atoms with van der Waals surface area (Å²) in [4.78, 5) is 16.7. The number of carbonyl (C=O) groups excluding carboxylic acids is 1. The lowest BCUT2D eigenvalue weighted by Gasteiger charge is -2.09. The van der Waals surface area contributed by atoms with E-state index < -0.39 is 17.5 Å². The molecule has 0 bridgehead atoms. The maximum absolute atomic E-state index is 13.7. The minimum Gasteiger partial charge on any atom is -0.334 e. The number of benzene rings is 2. The van der Waals surface area contributed by atoms with Crippen molar-refractivity contribution >= 4 is 11.6 Å². The van der Waals surface area contributed by atoms with E-state index in [4.69, 9.17) is 4.52 Å². The Morgan fingerprint density at radius 3 is 2.72 bits per heavy atom. The Balaban J connectivity index is 1.52. The lowest BCUT2D eigenvalue weighted by Crippen LogP contribution is -2.19. The van der Waals surface area contributed by atoms with Gasteiger partial charge in [0.2, 0.25) is 11.7 Å². The molecule has 29 heavy (non-hydrogen) atoms. The van der Waals surface area contributed by atoms with Crippen molar-refractivity contribution < 1.29 is 18.1 Å². The number of nitrogens with one attached hydrogen (secondary N) is 1. The van der Waals surface area contributed by atoms with E-state index in [1.165, 1.54) is 0 Å². The highest BCUT2D eigenvalue weighted by Gasteiger charge is 2.16. The Hall–Kier alpha value is -3.81. The van der Waals surface area contributed by atoms with Crippen LogP contribution in [0, 0.1) is 18.6 Å². The van der Waals surface area contributed by atoms with Gasteiger partial charge in [-0.2, -0.15) is 4.98 Å². The minimum absolute atomic E-state index is 0.138. The molecule has 2 aromatic heterocycles. The van der Waals surface area contributed by atoms with Crippen molar-refractivity contribution in [1.82, 2.24) is 14.7 Å². The predicted molar refractivity (Wildman–Crippen MR) is 103 cm³/mol. The highest BCUT2D eigenvalue weighted by atomic mass is 19.1. The Labute approximate surface area is 164 Å². The minimum atomic E-state index is -0.716. The number of amides is 1. The molecule has 6 nitrogen and oxygen atoms in total. The van der Waals surface area contributed by atoms with E-state index in [0.29, 0.717) is 11.5 Å². The summed E-state index contributed by atoms with van der Waals surface area (Å²) in [5.74, 6) is -1.20. The van der Waals surface area contributed by atoms with Gasteiger partial charge in [0.05, 0.1) is 5.69 Å². The second-order valence-electron chi connectivity index (χ2n) is 6.48. The summed E-state index contributed by atoms with van der Waals surface area (Å²) in [7, 11) is 0. The number of aromatic nitrogens is 3. The molecule has 1 N–H and O–H groups in total. The standard InChI is InChI=1S/C21H16F2N4O2/c1-13-4-6-14(7-5-13)20-25-21(29-26-20)18-3-2-10-27(18)12-19(28)24-17-11-15(22)8-9-16(17)23/h2-11H,12H2,1H3,(H,24,28). The number of carbonyl (C=O) groups is 1. The Morgan fingerprint density at radius 2 is 1.93 bits per heavy atom. The zero-order valence-corrected chi connectivity index (χ0v) is 15.4. The van der Waals surface area contributed by atoms with E-state index in [1.54, 1.807) is 22.9 Å². The zero-order valence-electron chi connectivity index (χ0n) is 15.4. The van der Waals surface area contributed by atoms with Crippen LogP contribution in [0.3, 0.4) is 0 Å². The van der Waals surface area contributed by atoms with Gasteiger partial charge in [-0.3, -0.25) is 4.79 Å². The number of halogens is 2. The van der Waals surface area contributed by atoms with Gasteiger partial charge in [0, 0.05) is 17.8 Å². The van der Waals surface area contributed by atoms with E-state index in [9.17, 15) is 13.6 Å². The SMILES string of the molecule is Cc1ccc(-c2noc(-c3cccn3CC(=O)Nc3cc(F)ccc3F)n2)cc1. The van der Waals surface area contributed by atoms with Crippen LogP contribution >= 0.6 is 0 Å². The van der Waals surface area contributed by atoms with Gasteiger partial charge in [-0.05, 0) is 31.2 Å². The van der Waals surface area contributed by atoms with Gasteiger partial charge < -0.3 is 14.4 Å². The molecular weight excluding hydrogens is 378 g/mol. The van der Waals surface area contributed by atoms with Crippen LogP contribution in [-0.2, 0) is 11.3 Å². The molecule has 8 heteroatoms. The Bertz CT molecular complexity index is 1170. The zero-order chi connectivity index (χ0) is 20.4. The van der Waals surface area contributed by atoms with Crippen molar-refractivity contribution in [2.75, 3.05) is 5.32 Å². The fraction of sp³-hybridized carbons (Fsp3) is 0.0952. The maximum atomic E-state index is 13.7. The molecule has 2 aromatic carbocycles. The molecular formula is C21H16F2N4O2. The molecule has 0 spiro atoms. The van der Waals surface area contributed by atoms with Gasteiger partial charge in [0.15, 0.2) is 0 Å². The van der Waals surface area contributed by atoms with Crippen molar-refractivity contribution in [3.63, 3.8) is 0 Å². The van der Waals surface area contributed by atoms with Gasteiger partial charge >= 0.3 is 0 Å². The molecule has 0 fully saturated rings. The lowest BCUT2D eigenvalue weighted by molar-refractivity contribution is -0.116. The van der Waals surface area contributed by atoms with Crippen LogP contribution < -0.4 is 5.32 Å². The largest absolute Gasteiger partial charge is 0.334 e. The van der Waals surface area contributed by atoms with Crippen LogP contribution in [-0.4, -0.2) is 20.6 Å². The van der Waals surface area contributed by atoms with Crippen molar-refractivity contribution in [3.8, 4) is 23.0 Å². The van der Waals surface area contributed by atoms with Crippen LogP contribution in [0.4, 0.5) is 14.5 Å². The van der Waals surface area contributed by atoms with Crippen LogP contribution in [0.15, 0.2) is 65.3 Å². The number of aryl methyl sites for hydroxylation is 1. The number of hydrogen-bond acceptors (Lipinski definition) is 4. The molecule has 0 radical (unpaired) electrons. The molecule has 146 valence electrons. The third-order valence-electron chi connectivity index (χ3n) is 4.30. The summed E-state index contributed by atoms with van der Waals surface area (Å²) in [5, 5.41) is 6.35. The summed E-state index contributed by atoms with van der Waals surface area (Å²) in [5.41, 5.74) is 2.24. The fourth-order valence-electron chi connectivity index (χ4n) is 2.83. The third-order valence-corrected chi connectivity index (χ3v) is 4.30. The first-order chi connectivity index (χ1) is 14.0. The average Bonchev–Trinajstić information content (AvgIpc) is 3.34. The quantitative estimate of drug-likeness (QED) is 0.544. The lowest BCUT2D eigenvalue weighted by atomic mass is 10.1. The molecule has 0 aliphatic heterocycles. The van der Waals surface area contributed by atoms with Crippen LogP contribution in [0.2, 0.25) is 0 Å². The van der Waals surface area contributed by atoms with Crippen molar-refractivity contribution in [2.24, 2.45) is 0 Å². The number of rotatable bonds is 5. The van der Waals surface area contributed by atoms with Crippen LogP contribution in [0.5, 0.6) is 0 Å². The first kappa shape index (κ1) is 18.5. The molecule has 1 amide bonds. The number of hydrogen-bond donors (Lipinski definition) is 1. The average molecular weight is 394 g/mol. The van der Waals surface area contributed by atoms with Gasteiger partial charge in [-0.25, -0.2) is 8.78 Å². The second kappa shape index (κ2) is 7.67. The first-order valence-corrected chi connectivity index (χ1v) is 8.81. The molecule has 4 rings (SSSR count). The van der Waals surface area contributed by atoms with E-state index in [-0.39, 0.29) is 18.1 Å². The van der Waals surface area contributed by atoms with E-state index in [0.717, 1.165) is 29.3 Å². The normalized spacial score (nSPS) is 10.9. The van der Waals surface area contributed by atoms with Crippen LogP contribution in [0.25, 0.3) is 23.0 Å². The van der Waals surface area contributed by atoms with Crippen molar-refractivity contribution in [3.05, 3.63) is 78.0 Å². The summed E-state index contributed by atoms with van der Waals surface area (Å²) in [6, 6.07) is 14.0. The topological polar surface area (TPSA) is 73.0 Å². The summed E-state index contributed by atoms with van der Waals surface area (Å²) in [6.07, 6.45) is 1.66. The summed E-state index contributed by atoms with van der Waals surface area (Å²) < 4.78 is 33.9. The summed E-state index contributed by atoms with van der Waals surface area (Å²) in [6.45, 7) is 1.85. The molecule has 0 saturated heterocycles. The van der Waals surface area contributed by atoms with Gasteiger partial charge in [-0.1, -0.05) is 35.0 Å². The van der Waals surface area contributed by atoms with E-state index in [2.05, 4.69) is 15.5 Å². The second-order valence-corrected chi connectivity index (χ2v) is 6.48. The number of anilines is 1. The van der Waals surface area contributed by atoms with Crippen molar-refractivity contribution in [1.29, 1.82) is 0 Å². The predicted octanol–water partition coefficient (Wildman–Crippen LogP) is 4.43. The van der Waals surface area contributed by atoms with Gasteiger partial charge in [0.1, 0.15) is 23.9 Å². The highest BCUT2D eigenvalue weighted by molar-refractivity contribution is 5.91. The van der Waals surface area contributed by atoms with Crippen LogP contribution in [0.1, 0.15) is 5.56 Å². The molecule has 4 aromatic rings. The molecule has 2 heterocycles. The van der Waals surface area contributed by atoms with Crippen molar-refractivity contribution in [2.45, 2.75) is 13.5 Å². The van der Waals surface area contributed by atoms with Gasteiger partial charge in [0.25, 0.3) is 5.89 Å². The number of nitrogens with zero attached hydrogens (tertiary/aromatic N) is 3. The third kappa shape index (κ3) is 4.06. The molecule has 0 saturated carbocycles. The van der Waals surface area contributed by atoms with E-state index in [1.807, 2.05) is 31.2 Å². The van der Waals surface area contributed by atoms with E-state index >= 15 is 0 Å².